The highest BCUT2D eigenvalue weighted by Gasteiger charge is 2.31. The van der Waals surface area contributed by atoms with Gasteiger partial charge in [0.2, 0.25) is 0 Å². The number of aromatic nitrogens is 2. The molecular weight excluding hydrogens is 543 g/mol. The third-order valence-electron chi connectivity index (χ3n) is 7.29. The molecule has 1 saturated heterocycles. The summed E-state index contributed by atoms with van der Waals surface area (Å²) in [4.78, 5) is 40.3. The molecule has 0 atom stereocenters. The maximum absolute atomic E-state index is 15.2. The molecule has 1 aromatic heterocycles. The van der Waals surface area contributed by atoms with Crippen molar-refractivity contribution in [2.24, 2.45) is 0 Å². The van der Waals surface area contributed by atoms with Gasteiger partial charge in [-0.1, -0.05) is 30.5 Å². The maximum atomic E-state index is 15.2. The summed E-state index contributed by atoms with van der Waals surface area (Å²) in [5, 5.41) is 0. The second-order valence-corrected chi connectivity index (χ2v) is 10.8. The van der Waals surface area contributed by atoms with Crippen molar-refractivity contribution in [2.45, 2.75) is 35.1 Å². The number of para-hydroxylation sites is 2. The number of piperidine rings is 1. The molecule has 1 amide bonds. The number of hydrogen-bond acceptors (Lipinski definition) is 5. The minimum atomic E-state index is -1.46. The lowest BCUT2D eigenvalue weighted by Crippen LogP contribution is -2.40. The summed E-state index contributed by atoms with van der Waals surface area (Å²) in [7, 11) is 0. The van der Waals surface area contributed by atoms with Crippen LogP contribution in [0.15, 0.2) is 69.7 Å². The number of carbonyl (C=O) groups is 1. The normalized spacial score (nSPS) is 15.6. The lowest BCUT2D eigenvalue weighted by Gasteiger charge is -2.33. The Hall–Kier alpha value is -3.96. The molecule has 7 nitrogen and oxygen atoms in total. The molecule has 0 spiro atoms. The van der Waals surface area contributed by atoms with Crippen molar-refractivity contribution in [1.82, 2.24) is 14.5 Å². The highest BCUT2D eigenvalue weighted by atomic mass is 32.2. The van der Waals surface area contributed by atoms with Gasteiger partial charge in [-0.25, -0.2) is 18.0 Å². The molecule has 0 bridgehead atoms. The molecule has 2 aliphatic rings. The van der Waals surface area contributed by atoms with Gasteiger partial charge < -0.3 is 14.8 Å². The van der Waals surface area contributed by atoms with Gasteiger partial charge in [-0.2, -0.15) is 4.89 Å². The Morgan fingerprint density at radius 3 is 2.62 bits per heavy atom. The number of imidazole rings is 1. The van der Waals surface area contributed by atoms with Gasteiger partial charge in [-0.15, -0.1) is 0 Å². The summed E-state index contributed by atoms with van der Waals surface area (Å²) in [6.45, 7) is 4.48. The molecule has 2 aliphatic heterocycles. The molecule has 11 heteroatoms. The first-order chi connectivity index (χ1) is 19.3. The van der Waals surface area contributed by atoms with Crippen LogP contribution in [0.4, 0.5) is 13.2 Å². The van der Waals surface area contributed by atoms with E-state index in [1.165, 1.54) is 4.90 Å². The van der Waals surface area contributed by atoms with Crippen molar-refractivity contribution in [3.8, 4) is 5.75 Å². The predicted octanol–water partition coefficient (Wildman–Crippen LogP) is 5.64. The molecule has 0 radical (unpaired) electrons. The van der Waals surface area contributed by atoms with Gasteiger partial charge in [0.05, 0.1) is 28.1 Å². The third-order valence-corrected chi connectivity index (χ3v) is 8.30. The molecule has 1 N–H and O–H groups in total. The fourth-order valence-electron chi connectivity index (χ4n) is 5.27. The minimum absolute atomic E-state index is 0.147. The molecule has 0 aliphatic carbocycles. The van der Waals surface area contributed by atoms with Crippen LogP contribution < -0.4 is 10.6 Å². The zero-order chi connectivity index (χ0) is 28.0. The number of fused-ring (bicyclic) bond motifs is 2. The van der Waals surface area contributed by atoms with Gasteiger partial charge in [-0.05, 0) is 49.2 Å². The van der Waals surface area contributed by atoms with E-state index in [1.54, 1.807) is 22.8 Å². The molecule has 3 aromatic carbocycles. The van der Waals surface area contributed by atoms with Crippen molar-refractivity contribution < 1.29 is 27.7 Å². The van der Waals surface area contributed by atoms with Crippen LogP contribution in [0.2, 0.25) is 0 Å². The molecule has 3 heterocycles. The Morgan fingerprint density at radius 1 is 1.05 bits per heavy atom. The maximum Gasteiger partial charge on any atom is 0.326 e. The molecule has 206 valence electrons. The van der Waals surface area contributed by atoms with Crippen molar-refractivity contribution >= 4 is 34.3 Å². The number of benzene rings is 3. The zero-order valence-electron chi connectivity index (χ0n) is 21.2. The largest absolute Gasteiger partial charge is 0.338 e. The van der Waals surface area contributed by atoms with E-state index in [9.17, 15) is 9.59 Å². The summed E-state index contributed by atoms with van der Waals surface area (Å²) in [5.41, 5.74) is 0.871. The first-order valence-electron chi connectivity index (χ1n) is 12.8. The van der Waals surface area contributed by atoms with Crippen LogP contribution in [0.3, 0.4) is 0 Å². The van der Waals surface area contributed by atoms with Crippen LogP contribution in [-0.2, 0) is 16.1 Å². The SMILES string of the molecule is C=C(C(=O)N1CCC(n2c(=O)[nH]c3ccccc32)CC1)c1c(F)cc(Sc2ccc3c(c2)CCOO3)c(F)c1F. The monoisotopic (exact) mass is 567 g/mol. The van der Waals surface area contributed by atoms with Crippen molar-refractivity contribution in [3.63, 3.8) is 0 Å². The summed E-state index contributed by atoms with van der Waals surface area (Å²) < 4.78 is 47.1. The molecular formula is C29H24F3N3O4S. The highest BCUT2D eigenvalue weighted by Crippen LogP contribution is 2.38. The van der Waals surface area contributed by atoms with Crippen LogP contribution in [-0.4, -0.2) is 40.1 Å². The van der Waals surface area contributed by atoms with Gasteiger partial charge in [0.25, 0.3) is 5.91 Å². The smallest absolute Gasteiger partial charge is 0.326 e. The fourth-order valence-corrected chi connectivity index (χ4v) is 6.20. The second kappa shape index (κ2) is 10.5. The summed E-state index contributed by atoms with van der Waals surface area (Å²) >= 11 is 0.866. The molecule has 0 unspecified atom stereocenters. The molecule has 6 rings (SSSR count). The molecule has 0 saturated carbocycles. The number of carbonyl (C=O) groups excluding carboxylic acids is 1. The summed E-state index contributed by atoms with van der Waals surface area (Å²) in [6.07, 6.45) is 1.52. The fraction of sp³-hybridized carbons (Fsp3) is 0.241. The molecule has 4 aromatic rings. The highest BCUT2D eigenvalue weighted by molar-refractivity contribution is 7.99. The topological polar surface area (TPSA) is 76.6 Å². The number of H-pyrrole nitrogens is 1. The van der Waals surface area contributed by atoms with E-state index in [0.717, 1.165) is 34.4 Å². The van der Waals surface area contributed by atoms with Crippen LogP contribution in [0.5, 0.6) is 5.75 Å². The Balaban J connectivity index is 1.17. The van der Waals surface area contributed by atoms with E-state index in [0.29, 0.717) is 36.5 Å². The van der Waals surface area contributed by atoms with Gasteiger partial charge in [-0.3, -0.25) is 9.36 Å². The number of nitrogens with zero attached hydrogens (tertiary/aromatic N) is 2. The Morgan fingerprint density at radius 2 is 1.82 bits per heavy atom. The van der Waals surface area contributed by atoms with Gasteiger partial charge in [0.1, 0.15) is 5.82 Å². The van der Waals surface area contributed by atoms with Crippen LogP contribution in [0.1, 0.15) is 30.0 Å². The van der Waals surface area contributed by atoms with Gasteiger partial charge in [0.15, 0.2) is 17.4 Å². The average Bonchev–Trinajstić information content (AvgIpc) is 3.31. The quantitative estimate of drug-likeness (QED) is 0.192. The van der Waals surface area contributed by atoms with Crippen molar-refractivity contribution in [3.05, 3.63) is 94.2 Å². The standard InChI is InChI=1S/C29H24F3N3O4S/c1-16(28(36)34-11-8-18(9-12-34)35-22-5-3-2-4-21(22)33-29(35)37)25-20(30)15-24(26(31)27(25)32)40-19-6-7-23-17(14-19)10-13-38-39-23/h2-7,14-15,18H,1,8-13H2,(H,33,37). The Bertz CT molecular complexity index is 1710. The van der Waals surface area contributed by atoms with E-state index in [1.807, 2.05) is 24.3 Å². The summed E-state index contributed by atoms with van der Waals surface area (Å²) in [6, 6.07) is 13.1. The number of nitrogens with one attached hydrogen (secondary N) is 1. The average molecular weight is 568 g/mol. The Labute approximate surface area is 231 Å². The second-order valence-electron chi connectivity index (χ2n) is 9.71. The number of aromatic amines is 1. The molecule has 40 heavy (non-hydrogen) atoms. The lowest BCUT2D eigenvalue weighted by atomic mass is 10.0. The van der Waals surface area contributed by atoms with Crippen molar-refractivity contribution in [1.29, 1.82) is 0 Å². The number of hydrogen-bond donors (Lipinski definition) is 1. The predicted molar refractivity (Wildman–Crippen MR) is 144 cm³/mol. The van der Waals surface area contributed by atoms with Crippen LogP contribution in [0, 0.1) is 17.5 Å². The van der Waals surface area contributed by atoms with E-state index in [4.69, 9.17) is 9.78 Å². The first kappa shape index (κ1) is 26.3. The zero-order valence-corrected chi connectivity index (χ0v) is 22.0. The minimum Gasteiger partial charge on any atom is -0.338 e. The summed E-state index contributed by atoms with van der Waals surface area (Å²) in [5.74, 6) is -3.94. The van der Waals surface area contributed by atoms with Crippen LogP contribution in [0.25, 0.3) is 16.6 Å². The number of amides is 1. The van der Waals surface area contributed by atoms with Gasteiger partial charge in [0, 0.05) is 41.6 Å². The first-order valence-corrected chi connectivity index (χ1v) is 13.6. The molecule has 1 fully saturated rings. The number of rotatable bonds is 5. The van der Waals surface area contributed by atoms with Crippen LogP contribution >= 0.6 is 11.8 Å². The van der Waals surface area contributed by atoms with E-state index < -0.39 is 34.5 Å². The third kappa shape index (κ3) is 4.69. The van der Waals surface area contributed by atoms with E-state index in [-0.39, 0.29) is 29.7 Å². The van der Waals surface area contributed by atoms with Crippen molar-refractivity contribution in [2.75, 3.05) is 19.7 Å². The Kier molecular flexibility index (Phi) is 6.93. The lowest BCUT2D eigenvalue weighted by molar-refractivity contribution is -0.215. The van der Waals surface area contributed by atoms with E-state index in [2.05, 4.69) is 11.6 Å². The van der Waals surface area contributed by atoms with E-state index >= 15 is 13.2 Å². The number of likely N-dealkylation sites (tertiary alicyclic amines) is 1. The van der Waals surface area contributed by atoms with Gasteiger partial charge >= 0.3 is 5.69 Å². The number of halogens is 3.